The van der Waals surface area contributed by atoms with Gasteiger partial charge >= 0.3 is 6.18 Å². The van der Waals surface area contributed by atoms with Crippen LogP contribution in [0.15, 0.2) is 30.5 Å². The number of alkyl halides is 3. The third kappa shape index (κ3) is 2.05. The van der Waals surface area contributed by atoms with Gasteiger partial charge in [-0.05, 0) is 31.4 Å². The van der Waals surface area contributed by atoms with Crippen LogP contribution >= 0.6 is 11.3 Å². The van der Waals surface area contributed by atoms with Crippen molar-refractivity contribution in [1.29, 1.82) is 0 Å². The second kappa shape index (κ2) is 4.34. The van der Waals surface area contributed by atoms with E-state index in [1.165, 1.54) is 29.1 Å². The van der Waals surface area contributed by atoms with Gasteiger partial charge < -0.3 is 0 Å². The van der Waals surface area contributed by atoms with Gasteiger partial charge in [0.15, 0.2) is 4.96 Å². The fourth-order valence-electron chi connectivity index (χ4n) is 2.77. The average Bonchev–Trinajstić information content (AvgIpc) is 3.08. The molecule has 0 saturated carbocycles. The Bertz CT molecular complexity index is 812. The van der Waals surface area contributed by atoms with Crippen LogP contribution in [0.4, 0.5) is 13.2 Å². The minimum absolute atomic E-state index is 0.631. The number of nitrogens with zero attached hydrogens (tertiary/aromatic N) is 2. The van der Waals surface area contributed by atoms with E-state index in [9.17, 15) is 13.2 Å². The van der Waals surface area contributed by atoms with E-state index in [4.69, 9.17) is 0 Å². The fourth-order valence-corrected chi connectivity index (χ4v) is 3.96. The number of rotatable bonds is 1. The number of imidazole rings is 1. The van der Waals surface area contributed by atoms with Gasteiger partial charge in [0, 0.05) is 22.3 Å². The molecular weight excluding hydrogens is 297 g/mol. The van der Waals surface area contributed by atoms with Crippen LogP contribution in [-0.2, 0) is 19.0 Å². The van der Waals surface area contributed by atoms with Gasteiger partial charge in [-0.15, -0.1) is 11.3 Å². The van der Waals surface area contributed by atoms with Crippen molar-refractivity contribution in [1.82, 2.24) is 9.38 Å². The number of aromatic nitrogens is 2. The summed E-state index contributed by atoms with van der Waals surface area (Å²) in [4.78, 5) is 6.85. The summed E-state index contributed by atoms with van der Waals surface area (Å²) >= 11 is 1.68. The van der Waals surface area contributed by atoms with Crippen molar-refractivity contribution in [3.63, 3.8) is 0 Å². The van der Waals surface area contributed by atoms with Gasteiger partial charge in [-0.25, -0.2) is 4.98 Å². The molecule has 0 unspecified atom stereocenters. The predicted molar refractivity (Wildman–Crippen MR) is 75.5 cm³/mol. The van der Waals surface area contributed by atoms with Crippen LogP contribution in [0, 0.1) is 0 Å². The lowest BCUT2D eigenvalue weighted by Gasteiger charge is -2.06. The topological polar surface area (TPSA) is 17.3 Å². The van der Waals surface area contributed by atoms with Crippen LogP contribution < -0.4 is 0 Å². The quantitative estimate of drug-likeness (QED) is 0.643. The maximum absolute atomic E-state index is 12.6. The Morgan fingerprint density at radius 1 is 1.10 bits per heavy atom. The molecule has 0 aliphatic heterocycles. The lowest BCUT2D eigenvalue weighted by molar-refractivity contribution is -0.137. The first-order chi connectivity index (χ1) is 10.0. The van der Waals surface area contributed by atoms with Gasteiger partial charge in [0.1, 0.15) is 0 Å². The molecule has 0 N–H and O–H groups in total. The van der Waals surface area contributed by atoms with Gasteiger partial charge in [-0.2, -0.15) is 13.2 Å². The third-order valence-electron chi connectivity index (χ3n) is 3.83. The smallest absolute Gasteiger partial charge is 0.294 e. The van der Waals surface area contributed by atoms with Crippen molar-refractivity contribution in [3.05, 3.63) is 46.6 Å². The highest BCUT2D eigenvalue weighted by atomic mass is 32.1. The summed E-state index contributed by atoms with van der Waals surface area (Å²) in [6.45, 7) is 0. The Hall–Kier alpha value is -1.82. The molecule has 1 aromatic carbocycles. The van der Waals surface area contributed by atoms with Crippen LogP contribution in [0.5, 0.6) is 0 Å². The molecule has 0 atom stereocenters. The van der Waals surface area contributed by atoms with Crippen LogP contribution in [0.2, 0.25) is 0 Å². The number of fused-ring (bicyclic) bond motifs is 3. The Kier molecular flexibility index (Phi) is 2.66. The molecule has 6 heteroatoms. The van der Waals surface area contributed by atoms with Crippen LogP contribution in [0.1, 0.15) is 22.6 Å². The average molecular weight is 308 g/mol. The lowest BCUT2D eigenvalue weighted by atomic mass is 10.1. The number of hydrogen-bond donors (Lipinski definition) is 0. The summed E-state index contributed by atoms with van der Waals surface area (Å²) < 4.78 is 39.8. The Morgan fingerprint density at radius 3 is 2.57 bits per heavy atom. The molecule has 2 heterocycles. The molecule has 1 aliphatic rings. The zero-order valence-electron chi connectivity index (χ0n) is 10.9. The second-order valence-corrected chi connectivity index (χ2v) is 6.24. The third-order valence-corrected chi connectivity index (χ3v) is 4.98. The van der Waals surface area contributed by atoms with E-state index in [1.807, 2.05) is 6.20 Å². The van der Waals surface area contributed by atoms with E-state index in [1.54, 1.807) is 11.3 Å². The predicted octanol–water partition coefficient (Wildman–Crippen LogP) is 4.57. The van der Waals surface area contributed by atoms with Crippen LogP contribution in [0.25, 0.3) is 16.2 Å². The van der Waals surface area contributed by atoms with Crippen LogP contribution in [-0.4, -0.2) is 9.38 Å². The number of aryl methyl sites for hydroxylation is 2. The first-order valence-electron chi connectivity index (χ1n) is 6.69. The molecule has 21 heavy (non-hydrogen) atoms. The molecule has 0 fully saturated rings. The molecule has 0 amide bonds. The summed E-state index contributed by atoms with van der Waals surface area (Å²) in [5.41, 5.74) is 2.11. The fraction of sp³-hybridized carbons (Fsp3) is 0.267. The number of halogens is 3. The largest absolute Gasteiger partial charge is 0.416 e. The van der Waals surface area contributed by atoms with Crippen molar-refractivity contribution >= 4 is 16.3 Å². The van der Waals surface area contributed by atoms with Gasteiger partial charge in [0.05, 0.1) is 11.3 Å². The summed E-state index contributed by atoms with van der Waals surface area (Å²) in [6, 6.07) is 5.17. The molecule has 2 aromatic heterocycles. The zero-order valence-corrected chi connectivity index (χ0v) is 11.8. The van der Waals surface area contributed by atoms with E-state index in [0.717, 1.165) is 35.6 Å². The second-order valence-electron chi connectivity index (χ2n) is 5.18. The molecule has 0 radical (unpaired) electrons. The highest BCUT2D eigenvalue weighted by molar-refractivity contribution is 7.17. The van der Waals surface area contributed by atoms with E-state index in [0.29, 0.717) is 5.56 Å². The zero-order chi connectivity index (χ0) is 14.6. The van der Waals surface area contributed by atoms with Crippen molar-refractivity contribution < 1.29 is 13.2 Å². The van der Waals surface area contributed by atoms with Crippen molar-refractivity contribution in [2.75, 3.05) is 0 Å². The molecular formula is C15H11F3N2S. The number of hydrogen-bond acceptors (Lipinski definition) is 2. The first-order valence-corrected chi connectivity index (χ1v) is 7.51. The van der Waals surface area contributed by atoms with E-state index in [2.05, 4.69) is 9.38 Å². The minimum Gasteiger partial charge on any atom is -0.294 e. The number of thiazole rings is 1. The van der Waals surface area contributed by atoms with E-state index >= 15 is 0 Å². The molecule has 2 nitrogen and oxygen atoms in total. The molecule has 108 valence electrons. The van der Waals surface area contributed by atoms with Gasteiger partial charge in [0.25, 0.3) is 0 Å². The highest BCUT2D eigenvalue weighted by Gasteiger charge is 2.30. The highest BCUT2D eigenvalue weighted by Crippen LogP contribution is 2.34. The van der Waals surface area contributed by atoms with Crippen molar-refractivity contribution in [3.8, 4) is 11.3 Å². The van der Waals surface area contributed by atoms with Gasteiger partial charge in [0.2, 0.25) is 0 Å². The normalized spacial score (nSPS) is 14.8. The molecule has 0 spiro atoms. The van der Waals surface area contributed by atoms with E-state index < -0.39 is 11.7 Å². The molecule has 4 rings (SSSR count). The first kappa shape index (κ1) is 12.9. The maximum atomic E-state index is 12.6. The summed E-state index contributed by atoms with van der Waals surface area (Å²) in [6.07, 6.45) is 0.967. The molecule has 1 aliphatic carbocycles. The Balaban J connectivity index is 1.74. The van der Waals surface area contributed by atoms with Gasteiger partial charge in [-0.1, -0.05) is 12.1 Å². The van der Waals surface area contributed by atoms with E-state index in [-0.39, 0.29) is 0 Å². The molecule has 0 saturated heterocycles. The Morgan fingerprint density at radius 2 is 1.86 bits per heavy atom. The van der Waals surface area contributed by atoms with Crippen LogP contribution in [0.3, 0.4) is 0 Å². The summed E-state index contributed by atoms with van der Waals surface area (Å²) in [7, 11) is 0. The SMILES string of the molecule is FC(F)(F)c1ccc(-c2cn3c4c(sc3n2)CCC4)cc1. The molecule has 3 aromatic rings. The standard InChI is InChI=1S/C15H11F3N2S/c16-15(17,18)10-6-4-9(5-7-10)11-8-20-12-2-1-3-13(12)21-14(20)19-11/h4-8H,1-3H2. The number of benzene rings is 1. The summed E-state index contributed by atoms with van der Waals surface area (Å²) in [5, 5.41) is 0. The summed E-state index contributed by atoms with van der Waals surface area (Å²) in [5.74, 6) is 0. The van der Waals surface area contributed by atoms with Crippen molar-refractivity contribution in [2.24, 2.45) is 0 Å². The van der Waals surface area contributed by atoms with Crippen molar-refractivity contribution in [2.45, 2.75) is 25.4 Å². The molecule has 0 bridgehead atoms. The Labute approximate surface area is 122 Å². The maximum Gasteiger partial charge on any atom is 0.416 e. The monoisotopic (exact) mass is 308 g/mol. The minimum atomic E-state index is -4.30. The lowest BCUT2D eigenvalue weighted by Crippen LogP contribution is -2.03. The van der Waals surface area contributed by atoms with Gasteiger partial charge in [-0.3, -0.25) is 4.40 Å².